The number of carbonyl (C=O) groups excluding carboxylic acids is 1. The number of rotatable bonds is 9. The molecule has 0 spiro atoms. The molecule has 3 aromatic rings. The van der Waals surface area contributed by atoms with Gasteiger partial charge >= 0.3 is 0 Å². The number of hydrogen-bond donors (Lipinski definition) is 2. The van der Waals surface area contributed by atoms with Crippen LogP contribution < -0.4 is 14.8 Å². The van der Waals surface area contributed by atoms with Crippen molar-refractivity contribution in [2.45, 2.75) is 33.9 Å². The lowest BCUT2D eigenvalue weighted by Crippen LogP contribution is -2.14. The van der Waals surface area contributed by atoms with Gasteiger partial charge in [0.2, 0.25) is 0 Å². The van der Waals surface area contributed by atoms with Crippen LogP contribution in [-0.2, 0) is 13.2 Å². The fourth-order valence-electron chi connectivity index (χ4n) is 3.16. The molecule has 0 radical (unpaired) electrons. The number of hydrogen-bond acceptors (Lipinski definition) is 5. The first-order valence-corrected chi connectivity index (χ1v) is 10.7. The van der Waals surface area contributed by atoms with Crippen LogP contribution in [0.15, 0.2) is 42.5 Å². The van der Waals surface area contributed by atoms with Crippen LogP contribution in [0.1, 0.15) is 41.2 Å². The van der Waals surface area contributed by atoms with Crippen LogP contribution in [0, 0.1) is 12.8 Å². The number of nitrogens with one attached hydrogen (secondary N) is 1. The Hall–Kier alpha value is -3.03. The molecule has 0 unspecified atom stereocenters. The zero-order chi connectivity index (χ0) is 23.3. The number of carbonyl (C=O) groups is 1. The first-order chi connectivity index (χ1) is 15.3. The van der Waals surface area contributed by atoms with Gasteiger partial charge in [0.05, 0.1) is 26.9 Å². The molecule has 170 valence electrons. The van der Waals surface area contributed by atoms with E-state index >= 15 is 0 Å². The smallest absolute Gasteiger partial charge is 0.276 e. The molecule has 0 fully saturated rings. The summed E-state index contributed by atoms with van der Waals surface area (Å²) >= 11 is 6.20. The van der Waals surface area contributed by atoms with Crippen LogP contribution in [0.4, 0.5) is 5.69 Å². The lowest BCUT2D eigenvalue weighted by molar-refractivity contribution is 0.102. The van der Waals surface area contributed by atoms with E-state index in [1.165, 1.54) is 7.11 Å². The fraction of sp³-hybridized carbons (Fsp3) is 0.333. The molecule has 0 aliphatic carbocycles. The van der Waals surface area contributed by atoms with Gasteiger partial charge in [0.25, 0.3) is 5.91 Å². The van der Waals surface area contributed by atoms with Gasteiger partial charge in [-0.05, 0) is 43.2 Å². The number of aryl methyl sites for hydroxylation is 1. The van der Waals surface area contributed by atoms with Crippen LogP contribution in [0.2, 0.25) is 5.02 Å². The Balaban J connectivity index is 1.78. The summed E-state index contributed by atoms with van der Waals surface area (Å²) in [4.78, 5) is 12.8. The second kappa shape index (κ2) is 10.5. The third-order valence-corrected chi connectivity index (χ3v) is 5.08. The maximum Gasteiger partial charge on any atom is 0.276 e. The quantitative estimate of drug-likeness (QED) is 0.487. The molecule has 2 N–H and O–H groups in total. The molecule has 32 heavy (non-hydrogen) atoms. The number of methoxy groups -OCH3 is 1. The van der Waals surface area contributed by atoms with Crippen molar-refractivity contribution in [2.75, 3.05) is 19.0 Å². The zero-order valence-electron chi connectivity index (χ0n) is 18.7. The maximum atomic E-state index is 12.8. The van der Waals surface area contributed by atoms with Gasteiger partial charge in [-0.25, -0.2) is 0 Å². The summed E-state index contributed by atoms with van der Waals surface area (Å²) in [6.45, 7) is 6.94. The Kier molecular flexibility index (Phi) is 7.77. The van der Waals surface area contributed by atoms with E-state index in [9.17, 15) is 9.90 Å². The molecule has 0 bridgehead atoms. The monoisotopic (exact) mass is 457 g/mol. The van der Waals surface area contributed by atoms with Gasteiger partial charge < -0.3 is 19.9 Å². The van der Waals surface area contributed by atoms with Crippen LogP contribution in [-0.4, -0.2) is 34.5 Å². The molecule has 0 atom stereocenters. The highest BCUT2D eigenvalue weighted by atomic mass is 35.5. The summed E-state index contributed by atoms with van der Waals surface area (Å²) in [6.07, 6.45) is 0. The predicted molar refractivity (Wildman–Crippen MR) is 125 cm³/mol. The number of nitrogens with zero attached hydrogens (tertiary/aromatic N) is 2. The van der Waals surface area contributed by atoms with Crippen molar-refractivity contribution in [3.05, 3.63) is 70.0 Å². The molecule has 2 aromatic carbocycles. The molecule has 1 aromatic heterocycles. The molecular formula is C24H28ClN3O4. The van der Waals surface area contributed by atoms with Gasteiger partial charge in [-0.15, -0.1) is 0 Å². The number of aliphatic hydroxyl groups is 1. The van der Waals surface area contributed by atoms with E-state index in [4.69, 9.17) is 21.1 Å². The average molecular weight is 458 g/mol. The van der Waals surface area contributed by atoms with Gasteiger partial charge in [-0.1, -0.05) is 31.5 Å². The summed E-state index contributed by atoms with van der Waals surface area (Å²) in [5, 5.41) is 17.3. The SMILES string of the molecule is COc1cc(NC(=O)c2cc(C)n(Cc3cc(Cl)ccc3OCC(C)C)n2)ccc1CO. The van der Waals surface area contributed by atoms with Gasteiger partial charge in [0, 0.05) is 33.6 Å². The highest BCUT2D eigenvalue weighted by Crippen LogP contribution is 2.26. The highest BCUT2D eigenvalue weighted by Gasteiger charge is 2.15. The summed E-state index contributed by atoms with van der Waals surface area (Å²) in [7, 11) is 1.51. The summed E-state index contributed by atoms with van der Waals surface area (Å²) in [5.74, 6) is 1.31. The van der Waals surface area contributed by atoms with E-state index in [-0.39, 0.29) is 12.5 Å². The van der Waals surface area contributed by atoms with Crippen LogP contribution in [0.25, 0.3) is 0 Å². The van der Waals surface area contributed by atoms with Crippen LogP contribution in [0.5, 0.6) is 11.5 Å². The minimum absolute atomic E-state index is 0.145. The molecular weight excluding hydrogens is 430 g/mol. The minimum Gasteiger partial charge on any atom is -0.496 e. The number of ether oxygens (including phenoxy) is 2. The van der Waals surface area contributed by atoms with Crippen molar-refractivity contribution < 1.29 is 19.4 Å². The lowest BCUT2D eigenvalue weighted by atomic mass is 10.2. The molecule has 8 heteroatoms. The largest absolute Gasteiger partial charge is 0.496 e. The van der Waals surface area contributed by atoms with Crippen molar-refractivity contribution in [2.24, 2.45) is 5.92 Å². The van der Waals surface area contributed by atoms with E-state index in [2.05, 4.69) is 24.3 Å². The van der Waals surface area contributed by atoms with Crippen molar-refractivity contribution in [1.29, 1.82) is 0 Å². The second-order valence-corrected chi connectivity index (χ2v) is 8.36. The Morgan fingerprint density at radius 3 is 2.62 bits per heavy atom. The summed E-state index contributed by atoms with van der Waals surface area (Å²) in [5.41, 5.74) is 3.20. The van der Waals surface area contributed by atoms with Gasteiger partial charge in [0.15, 0.2) is 5.69 Å². The number of anilines is 1. The normalized spacial score (nSPS) is 11.0. The molecule has 7 nitrogen and oxygen atoms in total. The number of aromatic nitrogens is 2. The second-order valence-electron chi connectivity index (χ2n) is 7.92. The molecule has 0 aliphatic heterocycles. The molecule has 0 saturated carbocycles. The van der Waals surface area contributed by atoms with E-state index in [0.717, 1.165) is 17.0 Å². The fourth-order valence-corrected chi connectivity index (χ4v) is 3.35. The number of benzene rings is 2. The van der Waals surface area contributed by atoms with Crippen molar-refractivity contribution in [1.82, 2.24) is 9.78 Å². The Bertz CT molecular complexity index is 1090. The Labute approximate surface area is 192 Å². The molecule has 0 aliphatic rings. The standard InChI is InChI=1S/C24H28ClN3O4/c1-15(2)14-32-22-8-6-19(25)10-18(22)12-28-16(3)9-21(27-28)24(30)26-20-7-5-17(13-29)23(11-20)31-4/h5-11,15,29H,12-14H2,1-4H3,(H,26,30). The molecule has 1 heterocycles. The highest BCUT2D eigenvalue weighted by molar-refractivity contribution is 6.30. The maximum absolute atomic E-state index is 12.8. The zero-order valence-corrected chi connectivity index (χ0v) is 19.4. The first kappa shape index (κ1) is 23.6. The van der Waals surface area contributed by atoms with Gasteiger partial charge in [-0.2, -0.15) is 5.10 Å². The third-order valence-electron chi connectivity index (χ3n) is 4.84. The molecule has 3 rings (SSSR count). The minimum atomic E-state index is -0.340. The number of halogens is 1. The third kappa shape index (κ3) is 5.81. The van der Waals surface area contributed by atoms with Gasteiger partial charge in [0.1, 0.15) is 11.5 Å². The van der Waals surface area contributed by atoms with Crippen molar-refractivity contribution >= 4 is 23.2 Å². The van der Waals surface area contributed by atoms with Crippen molar-refractivity contribution in [3.8, 4) is 11.5 Å². The predicted octanol–water partition coefficient (Wildman–Crippen LogP) is 4.68. The topological polar surface area (TPSA) is 85.6 Å². The first-order valence-electron chi connectivity index (χ1n) is 10.4. The van der Waals surface area contributed by atoms with Crippen LogP contribution in [0.3, 0.4) is 0 Å². The lowest BCUT2D eigenvalue weighted by Gasteiger charge is -2.14. The molecule has 0 saturated heterocycles. The van der Waals surface area contributed by atoms with E-state index in [1.807, 2.05) is 19.1 Å². The van der Waals surface area contributed by atoms with E-state index < -0.39 is 0 Å². The number of aliphatic hydroxyl groups excluding tert-OH is 1. The van der Waals surface area contributed by atoms with Crippen molar-refractivity contribution in [3.63, 3.8) is 0 Å². The van der Waals surface area contributed by atoms with E-state index in [1.54, 1.807) is 35.0 Å². The molecule has 1 amide bonds. The van der Waals surface area contributed by atoms with Gasteiger partial charge in [-0.3, -0.25) is 9.48 Å². The average Bonchev–Trinajstić information content (AvgIpc) is 3.13. The Morgan fingerprint density at radius 1 is 1.16 bits per heavy atom. The Morgan fingerprint density at radius 2 is 1.94 bits per heavy atom. The van der Waals surface area contributed by atoms with E-state index in [0.29, 0.717) is 46.8 Å². The van der Waals surface area contributed by atoms with Crippen LogP contribution >= 0.6 is 11.6 Å². The number of amides is 1. The summed E-state index contributed by atoms with van der Waals surface area (Å²) in [6, 6.07) is 12.3. The summed E-state index contributed by atoms with van der Waals surface area (Å²) < 4.78 is 12.9.